The molecule has 1 N–H and O–H groups in total. The SMILES string of the molecule is CNCCS(=O)(=O)c1cccc(F)c1. The van der Waals surface area contributed by atoms with Crippen LogP contribution in [0.2, 0.25) is 0 Å². The third-order valence-electron chi connectivity index (χ3n) is 1.78. The summed E-state index contributed by atoms with van der Waals surface area (Å²) >= 11 is 0. The molecule has 0 aromatic heterocycles. The first-order chi connectivity index (χ1) is 6.56. The Balaban J connectivity index is 2.93. The molecule has 1 aromatic rings. The molecule has 0 amide bonds. The molecule has 0 fully saturated rings. The molecule has 0 aliphatic rings. The third kappa shape index (κ3) is 2.78. The van der Waals surface area contributed by atoms with E-state index in [9.17, 15) is 12.8 Å². The van der Waals surface area contributed by atoms with E-state index in [0.29, 0.717) is 6.54 Å². The predicted molar refractivity (Wildman–Crippen MR) is 52.4 cm³/mol. The number of rotatable bonds is 4. The van der Waals surface area contributed by atoms with Crippen molar-refractivity contribution >= 4 is 9.84 Å². The summed E-state index contributed by atoms with van der Waals surface area (Å²) in [6, 6.07) is 5.04. The van der Waals surface area contributed by atoms with Gasteiger partial charge in [-0.1, -0.05) is 6.07 Å². The van der Waals surface area contributed by atoms with E-state index in [1.165, 1.54) is 18.2 Å². The fourth-order valence-corrected chi connectivity index (χ4v) is 2.30. The average Bonchev–Trinajstić information content (AvgIpc) is 2.15. The zero-order valence-corrected chi connectivity index (χ0v) is 8.64. The summed E-state index contributed by atoms with van der Waals surface area (Å²) in [4.78, 5) is 0.0350. The molecule has 0 bridgehead atoms. The fraction of sp³-hybridized carbons (Fsp3) is 0.333. The zero-order chi connectivity index (χ0) is 10.6. The van der Waals surface area contributed by atoms with Crippen LogP contribution >= 0.6 is 0 Å². The van der Waals surface area contributed by atoms with Crippen molar-refractivity contribution in [2.75, 3.05) is 19.3 Å². The molecule has 78 valence electrons. The first-order valence-corrected chi connectivity index (χ1v) is 5.84. The minimum Gasteiger partial charge on any atom is -0.319 e. The van der Waals surface area contributed by atoms with Gasteiger partial charge >= 0.3 is 0 Å². The second-order valence-electron chi connectivity index (χ2n) is 2.88. The highest BCUT2D eigenvalue weighted by Crippen LogP contribution is 2.11. The number of benzene rings is 1. The number of sulfone groups is 1. The molecule has 3 nitrogen and oxygen atoms in total. The van der Waals surface area contributed by atoms with Crippen LogP contribution in [-0.4, -0.2) is 27.8 Å². The quantitative estimate of drug-likeness (QED) is 0.812. The van der Waals surface area contributed by atoms with Crippen LogP contribution in [0.3, 0.4) is 0 Å². The Morgan fingerprint density at radius 3 is 2.71 bits per heavy atom. The molecule has 0 aliphatic carbocycles. The van der Waals surface area contributed by atoms with Gasteiger partial charge in [-0.2, -0.15) is 0 Å². The van der Waals surface area contributed by atoms with Gasteiger partial charge in [-0.05, 0) is 25.2 Å². The van der Waals surface area contributed by atoms with Crippen LogP contribution < -0.4 is 5.32 Å². The molecule has 5 heteroatoms. The van der Waals surface area contributed by atoms with Crippen molar-refractivity contribution in [2.24, 2.45) is 0 Å². The van der Waals surface area contributed by atoms with E-state index >= 15 is 0 Å². The smallest absolute Gasteiger partial charge is 0.179 e. The highest BCUT2D eigenvalue weighted by atomic mass is 32.2. The average molecular weight is 217 g/mol. The molecule has 0 unspecified atom stereocenters. The molecule has 0 spiro atoms. The van der Waals surface area contributed by atoms with Crippen molar-refractivity contribution in [3.8, 4) is 0 Å². The summed E-state index contributed by atoms with van der Waals surface area (Å²) in [5.74, 6) is -0.553. The van der Waals surface area contributed by atoms with Gasteiger partial charge in [-0.3, -0.25) is 0 Å². The fourth-order valence-electron chi connectivity index (χ4n) is 1.01. The molecule has 14 heavy (non-hydrogen) atoms. The van der Waals surface area contributed by atoms with E-state index in [1.54, 1.807) is 7.05 Å². The van der Waals surface area contributed by atoms with Gasteiger partial charge in [0, 0.05) is 6.54 Å². The summed E-state index contributed by atoms with van der Waals surface area (Å²) in [6.45, 7) is 0.360. The van der Waals surface area contributed by atoms with Gasteiger partial charge in [0.15, 0.2) is 9.84 Å². The van der Waals surface area contributed by atoms with E-state index in [2.05, 4.69) is 5.32 Å². The van der Waals surface area contributed by atoms with E-state index in [0.717, 1.165) is 6.07 Å². The Hall–Kier alpha value is -0.940. The van der Waals surface area contributed by atoms with E-state index < -0.39 is 15.7 Å². The van der Waals surface area contributed by atoms with E-state index in [4.69, 9.17) is 0 Å². The standard InChI is InChI=1S/C9H12FNO2S/c1-11-5-6-14(12,13)9-4-2-3-8(10)7-9/h2-4,7,11H,5-6H2,1H3. The van der Waals surface area contributed by atoms with Crippen molar-refractivity contribution in [1.82, 2.24) is 5.32 Å². The molecule has 0 aliphatic heterocycles. The Labute approximate surface area is 82.9 Å². The summed E-state index contributed by atoms with van der Waals surface area (Å²) in [7, 11) is -1.68. The molecule has 1 aromatic carbocycles. The predicted octanol–water partition coefficient (Wildman–Crippen LogP) is 0.819. The van der Waals surface area contributed by atoms with Gasteiger partial charge in [-0.15, -0.1) is 0 Å². The molecule has 0 heterocycles. The molecule has 0 saturated carbocycles. The van der Waals surface area contributed by atoms with E-state index in [1.807, 2.05) is 0 Å². The Bertz CT molecular complexity index is 403. The highest BCUT2D eigenvalue weighted by Gasteiger charge is 2.13. The zero-order valence-electron chi connectivity index (χ0n) is 7.83. The van der Waals surface area contributed by atoms with Crippen LogP contribution in [0.15, 0.2) is 29.2 Å². The van der Waals surface area contributed by atoms with Crippen LogP contribution in [-0.2, 0) is 9.84 Å². The van der Waals surface area contributed by atoms with Crippen LogP contribution in [0.5, 0.6) is 0 Å². The van der Waals surface area contributed by atoms with Gasteiger partial charge in [-0.25, -0.2) is 12.8 Å². The number of halogens is 1. The maximum Gasteiger partial charge on any atom is 0.179 e. The summed E-state index contributed by atoms with van der Waals surface area (Å²) in [5, 5.41) is 2.74. The maximum absolute atomic E-state index is 12.7. The molecular weight excluding hydrogens is 205 g/mol. The van der Waals surface area contributed by atoms with Crippen LogP contribution in [0.1, 0.15) is 0 Å². The molecule has 0 atom stereocenters. The summed E-state index contributed by atoms with van der Waals surface area (Å²) in [6.07, 6.45) is 0. The van der Waals surface area contributed by atoms with Crippen LogP contribution in [0.25, 0.3) is 0 Å². The number of nitrogens with one attached hydrogen (secondary N) is 1. The second kappa shape index (κ2) is 4.52. The van der Waals surface area contributed by atoms with Crippen molar-refractivity contribution < 1.29 is 12.8 Å². The van der Waals surface area contributed by atoms with Gasteiger partial charge in [0.25, 0.3) is 0 Å². The number of hydrogen-bond acceptors (Lipinski definition) is 3. The topological polar surface area (TPSA) is 46.2 Å². The minimum atomic E-state index is -3.35. The first kappa shape index (κ1) is 11.1. The van der Waals surface area contributed by atoms with Crippen LogP contribution in [0.4, 0.5) is 4.39 Å². The second-order valence-corrected chi connectivity index (χ2v) is 4.99. The lowest BCUT2D eigenvalue weighted by molar-refractivity contribution is 0.588. The normalized spacial score (nSPS) is 11.6. The molecule has 0 saturated heterocycles. The lowest BCUT2D eigenvalue weighted by Gasteiger charge is -2.03. The largest absolute Gasteiger partial charge is 0.319 e. The lowest BCUT2D eigenvalue weighted by Crippen LogP contribution is -2.19. The van der Waals surface area contributed by atoms with Crippen molar-refractivity contribution in [3.05, 3.63) is 30.1 Å². The monoisotopic (exact) mass is 217 g/mol. The highest BCUT2D eigenvalue weighted by molar-refractivity contribution is 7.91. The molecule has 1 rings (SSSR count). The first-order valence-electron chi connectivity index (χ1n) is 4.19. The Kier molecular flexibility index (Phi) is 3.60. The number of hydrogen-bond donors (Lipinski definition) is 1. The van der Waals surface area contributed by atoms with Crippen LogP contribution in [0, 0.1) is 5.82 Å². The van der Waals surface area contributed by atoms with Gasteiger partial charge in [0.05, 0.1) is 10.6 Å². The Morgan fingerprint density at radius 2 is 2.14 bits per heavy atom. The summed E-state index contributed by atoms with van der Waals surface area (Å²) in [5.41, 5.74) is 0. The van der Waals surface area contributed by atoms with Crippen molar-refractivity contribution in [2.45, 2.75) is 4.90 Å². The van der Waals surface area contributed by atoms with Gasteiger partial charge < -0.3 is 5.32 Å². The van der Waals surface area contributed by atoms with E-state index in [-0.39, 0.29) is 10.6 Å². The van der Waals surface area contributed by atoms with Gasteiger partial charge in [0.1, 0.15) is 5.82 Å². The minimum absolute atomic E-state index is 0.0209. The lowest BCUT2D eigenvalue weighted by atomic mass is 10.4. The maximum atomic E-state index is 12.7. The van der Waals surface area contributed by atoms with Gasteiger partial charge in [0.2, 0.25) is 0 Å². The molecular formula is C9H12FNO2S. The van der Waals surface area contributed by atoms with Crippen molar-refractivity contribution in [3.63, 3.8) is 0 Å². The third-order valence-corrected chi connectivity index (χ3v) is 3.49. The summed E-state index contributed by atoms with van der Waals surface area (Å²) < 4.78 is 35.8. The molecule has 0 radical (unpaired) electrons. The van der Waals surface area contributed by atoms with Crippen molar-refractivity contribution in [1.29, 1.82) is 0 Å². The Morgan fingerprint density at radius 1 is 1.43 bits per heavy atom.